The van der Waals surface area contributed by atoms with Crippen LogP contribution in [-0.4, -0.2) is 96.7 Å². The third-order valence-electron chi connectivity index (χ3n) is 18.5. The van der Waals surface area contributed by atoms with E-state index in [4.69, 9.17) is 37.0 Å². The standard InChI is InChI=1S/C82H156O17P2/c1-8-9-10-11-12-13-14-15-20-24-30-35-42-49-56-63-79(84)92-69-77(98-82(87)66-59-52-44-37-32-27-26-29-34-40-47-54-61-74(4)5)71-96-100(88,89)94-67-76(83)68-95-101(90,91)97-72-78(70-93-80(85)64-57-50-45-38-41-48-55-62-75(6)7)99-81(86)65-58-51-43-36-31-25-22-19-17-16-18-21-23-28-33-39-46-53-60-73(2)3/h13-15,20,73-78,83H,8-12,16-19,21-72H2,1-7H3,(H,88,89)(H,90,91)/b14-13-,20-15-/t76?,77-,78-/m1/s1. The Morgan fingerprint density at radius 2 is 0.535 bits per heavy atom. The smallest absolute Gasteiger partial charge is 0.462 e. The van der Waals surface area contributed by atoms with E-state index >= 15 is 0 Å². The van der Waals surface area contributed by atoms with Gasteiger partial charge in [0.15, 0.2) is 12.2 Å². The Bertz CT molecular complexity index is 2050. The van der Waals surface area contributed by atoms with Crippen LogP contribution in [-0.2, 0) is 65.4 Å². The molecule has 0 rings (SSSR count). The highest BCUT2D eigenvalue weighted by Gasteiger charge is 2.30. The molecule has 0 aromatic heterocycles. The predicted octanol–water partition coefficient (Wildman–Crippen LogP) is 24.1. The van der Waals surface area contributed by atoms with Gasteiger partial charge >= 0.3 is 39.5 Å². The second kappa shape index (κ2) is 71.8. The lowest BCUT2D eigenvalue weighted by Crippen LogP contribution is -2.30. The van der Waals surface area contributed by atoms with E-state index in [2.05, 4.69) is 72.8 Å². The second-order valence-corrected chi connectivity index (χ2v) is 33.2. The van der Waals surface area contributed by atoms with Gasteiger partial charge in [0.2, 0.25) is 0 Å². The summed E-state index contributed by atoms with van der Waals surface area (Å²) in [6.45, 7) is 11.9. The first kappa shape index (κ1) is 98.5. The van der Waals surface area contributed by atoms with Crippen molar-refractivity contribution < 1.29 is 80.2 Å². The summed E-state index contributed by atoms with van der Waals surface area (Å²) in [5.74, 6) is 0.155. The van der Waals surface area contributed by atoms with E-state index in [0.29, 0.717) is 31.6 Å². The minimum Gasteiger partial charge on any atom is -0.462 e. The van der Waals surface area contributed by atoms with Gasteiger partial charge in [0.1, 0.15) is 19.3 Å². The van der Waals surface area contributed by atoms with Crippen LogP contribution in [0.4, 0.5) is 0 Å². The first-order valence-corrected chi connectivity index (χ1v) is 44.7. The molecule has 0 heterocycles. The maximum Gasteiger partial charge on any atom is 0.472 e. The Kier molecular flexibility index (Phi) is 70.0. The van der Waals surface area contributed by atoms with Crippen molar-refractivity contribution in [2.45, 2.75) is 420 Å². The van der Waals surface area contributed by atoms with Crippen LogP contribution in [0.15, 0.2) is 24.3 Å². The van der Waals surface area contributed by atoms with Gasteiger partial charge in [-0.15, -0.1) is 0 Å². The third-order valence-corrected chi connectivity index (χ3v) is 20.4. The van der Waals surface area contributed by atoms with E-state index < -0.39 is 97.5 Å². The maximum atomic E-state index is 13.1. The molecule has 0 radical (unpaired) electrons. The molecule has 0 amide bonds. The SMILES string of the molecule is CCCCCC/C=C\C=C/CCCCCCCC(=O)OC[C@H](COP(=O)(O)OCC(O)COP(=O)(O)OC[C@@H](COC(=O)CCCCCCCCCC(C)C)OC(=O)CCCCCCCCCCCCCCCCCCCCC(C)C)OC(=O)CCCCCCCCCCCCCCC(C)C. The Morgan fingerprint density at radius 1 is 0.307 bits per heavy atom. The van der Waals surface area contributed by atoms with Gasteiger partial charge in [-0.05, 0) is 69.1 Å². The van der Waals surface area contributed by atoms with Crippen LogP contribution in [0.5, 0.6) is 0 Å². The molecule has 0 saturated carbocycles. The van der Waals surface area contributed by atoms with Gasteiger partial charge in [0.05, 0.1) is 26.4 Å². The summed E-state index contributed by atoms with van der Waals surface area (Å²) in [5, 5.41) is 10.6. The fraction of sp³-hybridized carbons (Fsp3) is 0.902. The highest BCUT2D eigenvalue weighted by molar-refractivity contribution is 7.47. The van der Waals surface area contributed by atoms with Gasteiger partial charge in [0, 0.05) is 25.7 Å². The molecule has 101 heavy (non-hydrogen) atoms. The molecule has 0 aromatic carbocycles. The van der Waals surface area contributed by atoms with Crippen LogP contribution in [0.1, 0.15) is 402 Å². The number of unbranched alkanes of at least 4 members (excludes halogenated alkanes) is 43. The Morgan fingerprint density at radius 3 is 0.802 bits per heavy atom. The largest absolute Gasteiger partial charge is 0.472 e. The summed E-state index contributed by atoms with van der Waals surface area (Å²) in [6.07, 6.45) is 63.4. The van der Waals surface area contributed by atoms with E-state index in [1.807, 2.05) is 0 Å². The van der Waals surface area contributed by atoms with Gasteiger partial charge in [-0.25, -0.2) is 9.13 Å². The fourth-order valence-electron chi connectivity index (χ4n) is 12.1. The number of phosphoric ester groups is 2. The monoisotopic (exact) mass is 1480 g/mol. The molecule has 5 atom stereocenters. The number of rotatable bonds is 78. The zero-order valence-electron chi connectivity index (χ0n) is 65.9. The summed E-state index contributed by atoms with van der Waals surface area (Å²) in [7, 11) is -9.93. The number of hydrogen-bond acceptors (Lipinski definition) is 15. The lowest BCUT2D eigenvalue weighted by molar-refractivity contribution is -0.161. The third kappa shape index (κ3) is 75.6. The number of hydrogen-bond donors (Lipinski definition) is 3. The first-order chi connectivity index (χ1) is 48.7. The van der Waals surface area contributed by atoms with Crippen LogP contribution in [0.3, 0.4) is 0 Å². The number of aliphatic hydroxyl groups excluding tert-OH is 1. The van der Waals surface area contributed by atoms with Gasteiger partial charge in [-0.3, -0.25) is 37.3 Å². The predicted molar refractivity (Wildman–Crippen MR) is 414 cm³/mol. The van der Waals surface area contributed by atoms with Crippen molar-refractivity contribution in [2.75, 3.05) is 39.6 Å². The molecular weight excluding hydrogens is 1320 g/mol. The number of esters is 4. The number of carbonyl (C=O) groups is 4. The van der Waals surface area contributed by atoms with Crippen molar-refractivity contribution in [3.8, 4) is 0 Å². The van der Waals surface area contributed by atoms with Gasteiger partial charge in [-0.1, -0.05) is 349 Å². The van der Waals surface area contributed by atoms with Crippen LogP contribution in [0, 0.1) is 17.8 Å². The molecular formula is C82H156O17P2. The van der Waals surface area contributed by atoms with Crippen molar-refractivity contribution in [3.05, 3.63) is 24.3 Å². The normalized spacial score (nSPS) is 14.1. The molecule has 0 bridgehead atoms. The van der Waals surface area contributed by atoms with Gasteiger partial charge in [0.25, 0.3) is 0 Å². The number of aliphatic hydroxyl groups is 1. The van der Waals surface area contributed by atoms with Crippen LogP contribution in [0.2, 0.25) is 0 Å². The van der Waals surface area contributed by atoms with Crippen LogP contribution < -0.4 is 0 Å². The molecule has 17 nitrogen and oxygen atoms in total. The molecule has 3 unspecified atom stereocenters. The maximum absolute atomic E-state index is 13.1. The Hall–Kier alpha value is -2.46. The molecule has 0 spiro atoms. The molecule has 19 heteroatoms. The topological polar surface area (TPSA) is 237 Å². The lowest BCUT2D eigenvalue weighted by Gasteiger charge is -2.21. The highest BCUT2D eigenvalue weighted by Crippen LogP contribution is 2.45. The highest BCUT2D eigenvalue weighted by atomic mass is 31.2. The zero-order valence-corrected chi connectivity index (χ0v) is 67.6. The van der Waals surface area contributed by atoms with E-state index in [1.54, 1.807) is 0 Å². The van der Waals surface area contributed by atoms with Crippen molar-refractivity contribution in [3.63, 3.8) is 0 Å². The molecule has 3 N–H and O–H groups in total. The van der Waals surface area contributed by atoms with E-state index in [1.165, 1.54) is 186 Å². The van der Waals surface area contributed by atoms with Crippen LogP contribution >= 0.6 is 15.6 Å². The summed E-state index contributed by atoms with van der Waals surface area (Å²) >= 11 is 0. The van der Waals surface area contributed by atoms with E-state index in [-0.39, 0.29) is 25.7 Å². The first-order valence-electron chi connectivity index (χ1n) is 41.7. The number of carbonyl (C=O) groups excluding carboxylic acids is 4. The fourth-order valence-corrected chi connectivity index (χ4v) is 13.7. The molecule has 0 aliphatic heterocycles. The average molecular weight is 1480 g/mol. The molecule has 0 fully saturated rings. The number of ether oxygens (including phenoxy) is 4. The van der Waals surface area contributed by atoms with Crippen molar-refractivity contribution in [2.24, 2.45) is 17.8 Å². The summed E-state index contributed by atoms with van der Waals surface area (Å²) in [4.78, 5) is 73.0. The van der Waals surface area contributed by atoms with Crippen LogP contribution in [0.25, 0.3) is 0 Å². The minimum atomic E-state index is -4.97. The number of phosphoric acid groups is 2. The van der Waals surface area contributed by atoms with Crippen molar-refractivity contribution in [1.29, 1.82) is 0 Å². The summed E-state index contributed by atoms with van der Waals surface area (Å²) < 4.78 is 68.7. The summed E-state index contributed by atoms with van der Waals surface area (Å²) in [5.41, 5.74) is 0. The summed E-state index contributed by atoms with van der Waals surface area (Å²) in [6, 6.07) is 0. The Labute approximate surface area is 618 Å². The molecule has 0 saturated heterocycles. The van der Waals surface area contributed by atoms with Gasteiger partial charge in [-0.2, -0.15) is 0 Å². The minimum absolute atomic E-state index is 0.0998. The average Bonchev–Trinajstić information content (AvgIpc) is 0.937. The molecule has 0 aliphatic carbocycles. The van der Waals surface area contributed by atoms with Crippen molar-refractivity contribution in [1.82, 2.24) is 0 Å². The van der Waals surface area contributed by atoms with E-state index in [9.17, 15) is 43.2 Å². The molecule has 596 valence electrons. The molecule has 0 aromatic rings. The second-order valence-electron chi connectivity index (χ2n) is 30.3. The van der Waals surface area contributed by atoms with Gasteiger partial charge < -0.3 is 33.8 Å². The quantitative estimate of drug-likeness (QED) is 0.0169. The zero-order chi connectivity index (χ0) is 74.4. The van der Waals surface area contributed by atoms with E-state index in [0.717, 1.165) is 127 Å². The Balaban J connectivity index is 5.24. The number of allylic oxidation sites excluding steroid dienone is 4. The lowest BCUT2D eigenvalue weighted by atomic mass is 10.0. The van der Waals surface area contributed by atoms with Crippen molar-refractivity contribution >= 4 is 39.5 Å². The molecule has 0 aliphatic rings.